The molecule has 7 heteroatoms. The number of thioether (sulfide) groups is 1. The average molecular weight is 379 g/mol. The van der Waals surface area contributed by atoms with Crippen molar-refractivity contribution in [3.05, 3.63) is 77.9 Å². The van der Waals surface area contributed by atoms with E-state index in [1.807, 2.05) is 42.1 Å². The lowest BCUT2D eigenvalue weighted by molar-refractivity contribution is 0.625. The molecule has 2 aromatic carbocycles. The number of rotatable bonds is 5. The maximum Gasteiger partial charge on any atom is 0.191 e. The van der Waals surface area contributed by atoms with E-state index in [1.54, 1.807) is 22.5 Å². The first-order chi connectivity index (χ1) is 13.1. The van der Waals surface area contributed by atoms with Crippen molar-refractivity contribution >= 4 is 11.8 Å². The van der Waals surface area contributed by atoms with Gasteiger partial charge in [0.15, 0.2) is 11.0 Å². The van der Waals surface area contributed by atoms with E-state index < -0.39 is 0 Å². The van der Waals surface area contributed by atoms with Gasteiger partial charge in [0.2, 0.25) is 0 Å². The van der Waals surface area contributed by atoms with Crippen LogP contribution in [0.15, 0.2) is 66.0 Å². The summed E-state index contributed by atoms with van der Waals surface area (Å²) in [6, 6.07) is 16.4. The molecule has 0 aliphatic rings. The molecule has 0 bridgehead atoms. The van der Waals surface area contributed by atoms with Gasteiger partial charge in [0, 0.05) is 24.6 Å². The third-order valence-electron chi connectivity index (χ3n) is 4.29. The quantitative estimate of drug-likeness (QED) is 0.482. The Hall–Kier alpha value is -2.93. The number of hydrogen-bond acceptors (Lipinski definition) is 4. The van der Waals surface area contributed by atoms with Gasteiger partial charge in [-0.05, 0) is 36.8 Å². The van der Waals surface area contributed by atoms with E-state index in [0.29, 0.717) is 11.4 Å². The van der Waals surface area contributed by atoms with Crippen LogP contribution in [0.2, 0.25) is 0 Å². The summed E-state index contributed by atoms with van der Waals surface area (Å²) in [7, 11) is 1.97. The van der Waals surface area contributed by atoms with Gasteiger partial charge >= 0.3 is 0 Å². The van der Waals surface area contributed by atoms with Gasteiger partial charge in [-0.25, -0.2) is 9.07 Å². The molecule has 0 saturated carbocycles. The molecule has 5 nitrogen and oxygen atoms in total. The smallest absolute Gasteiger partial charge is 0.191 e. The van der Waals surface area contributed by atoms with E-state index in [1.165, 1.54) is 17.7 Å². The van der Waals surface area contributed by atoms with Crippen molar-refractivity contribution in [2.75, 3.05) is 0 Å². The Balaban J connectivity index is 1.50. The molecule has 0 N–H and O–H groups in total. The molecule has 0 saturated heterocycles. The van der Waals surface area contributed by atoms with Crippen molar-refractivity contribution in [2.24, 2.45) is 7.05 Å². The van der Waals surface area contributed by atoms with E-state index in [9.17, 15) is 4.39 Å². The second kappa shape index (κ2) is 7.36. The van der Waals surface area contributed by atoms with Crippen LogP contribution in [-0.4, -0.2) is 24.5 Å². The molecular weight excluding hydrogens is 361 g/mol. The summed E-state index contributed by atoms with van der Waals surface area (Å²) >= 11 is 1.57. The molecule has 2 aromatic heterocycles. The molecule has 0 unspecified atom stereocenters. The van der Waals surface area contributed by atoms with Crippen LogP contribution in [0.25, 0.3) is 17.1 Å². The molecular formula is C20H18FN5S. The SMILES string of the molecule is Cc1ccccc1-c1nnc(SCc2ccn(-c3cccc(F)c3)n2)n1C. The first-order valence-electron chi connectivity index (χ1n) is 8.50. The summed E-state index contributed by atoms with van der Waals surface area (Å²) in [5.41, 5.74) is 3.84. The van der Waals surface area contributed by atoms with Crippen LogP contribution in [0.5, 0.6) is 0 Å². The lowest BCUT2D eigenvalue weighted by Gasteiger charge is -2.05. The van der Waals surface area contributed by atoms with Crippen LogP contribution in [0.3, 0.4) is 0 Å². The monoisotopic (exact) mass is 379 g/mol. The second-order valence-corrected chi connectivity index (χ2v) is 7.14. The van der Waals surface area contributed by atoms with Crippen LogP contribution >= 0.6 is 11.8 Å². The van der Waals surface area contributed by atoms with Crippen LogP contribution < -0.4 is 0 Å². The van der Waals surface area contributed by atoms with Gasteiger partial charge in [0.1, 0.15) is 5.82 Å². The van der Waals surface area contributed by atoms with Crippen LogP contribution in [0.4, 0.5) is 4.39 Å². The van der Waals surface area contributed by atoms with Crippen LogP contribution in [-0.2, 0) is 12.8 Å². The Labute approximate surface area is 160 Å². The highest BCUT2D eigenvalue weighted by Crippen LogP contribution is 2.26. The van der Waals surface area contributed by atoms with Gasteiger partial charge in [-0.15, -0.1) is 10.2 Å². The Morgan fingerprint density at radius 2 is 1.89 bits per heavy atom. The first kappa shape index (κ1) is 17.5. The van der Waals surface area contributed by atoms with Gasteiger partial charge in [0.05, 0.1) is 11.4 Å². The Kier molecular flexibility index (Phi) is 4.77. The predicted molar refractivity (Wildman–Crippen MR) is 104 cm³/mol. The normalized spacial score (nSPS) is 11.1. The molecule has 0 aliphatic carbocycles. The summed E-state index contributed by atoms with van der Waals surface area (Å²) in [5.74, 6) is 1.23. The van der Waals surface area contributed by atoms with Crippen molar-refractivity contribution in [2.45, 2.75) is 17.8 Å². The maximum absolute atomic E-state index is 13.4. The van der Waals surface area contributed by atoms with Crippen LogP contribution in [0.1, 0.15) is 11.3 Å². The summed E-state index contributed by atoms with van der Waals surface area (Å²) in [4.78, 5) is 0. The number of nitrogens with zero attached hydrogens (tertiary/aromatic N) is 5. The molecule has 0 amide bonds. The number of aryl methyl sites for hydroxylation is 1. The van der Waals surface area contributed by atoms with Crippen molar-refractivity contribution in [1.82, 2.24) is 24.5 Å². The highest BCUT2D eigenvalue weighted by molar-refractivity contribution is 7.98. The van der Waals surface area contributed by atoms with Gasteiger partial charge in [0.25, 0.3) is 0 Å². The highest BCUT2D eigenvalue weighted by atomic mass is 32.2. The van der Waals surface area contributed by atoms with E-state index in [0.717, 1.165) is 22.2 Å². The minimum absolute atomic E-state index is 0.276. The molecule has 0 radical (unpaired) electrons. The lowest BCUT2D eigenvalue weighted by atomic mass is 10.1. The molecule has 4 aromatic rings. The number of aromatic nitrogens is 5. The minimum Gasteiger partial charge on any atom is -0.305 e. The Morgan fingerprint density at radius 1 is 1.04 bits per heavy atom. The fourth-order valence-corrected chi connectivity index (χ4v) is 3.65. The fourth-order valence-electron chi connectivity index (χ4n) is 2.84. The Bertz CT molecular complexity index is 1090. The van der Waals surface area contributed by atoms with E-state index >= 15 is 0 Å². The van der Waals surface area contributed by atoms with Crippen molar-refractivity contribution in [3.63, 3.8) is 0 Å². The van der Waals surface area contributed by atoms with Gasteiger partial charge in [-0.3, -0.25) is 0 Å². The second-order valence-electron chi connectivity index (χ2n) is 6.20. The van der Waals surface area contributed by atoms with Crippen LogP contribution in [0, 0.1) is 12.7 Å². The zero-order chi connectivity index (χ0) is 18.8. The van der Waals surface area contributed by atoms with Gasteiger partial charge in [-0.2, -0.15) is 5.10 Å². The standard InChI is InChI=1S/C20H18FN5S/c1-14-6-3-4-9-18(14)19-22-23-20(25(19)2)27-13-16-10-11-26(24-16)17-8-5-7-15(21)12-17/h3-12H,13H2,1-2H3. The zero-order valence-electron chi connectivity index (χ0n) is 15.0. The topological polar surface area (TPSA) is 48.5 Å². The summed E-state index contributed by atoms with van der Waals surface area (Å²) < 4.78 is 17.1. The van der Waals surface area contributed by atoms with Gasteiger partial charge < -0.3 is 4.57 Å². The van der Waals surface area contributed by atoms with Gasteiger partial charge in [-0.1, -0.05) is 42.1 Å². The molecule has 27 heavy (non-hydrogen) atoms. The average Bonchev–Trinajstić information content (AvgIpc) is 3.28. The van der Waals surface area contributed by atoms with Crippen molar-refractivity contribution in [1.29, 1.82) is 0 Å². The fraction of sp³-hybridized carbons (Fsp3) is 0.150. The summed E-state index contributed by atoms with van der Waals surface area (Å²) in [6.07, 6.45) is 1.83. The molecule has 0 atom stereocenters. The largest absolute Gasteiger partial charge is 0.305 e. The number of halogens is 1. The van der Waals surface area contributed by atoms with E-state index in [2.05, 4.69) is 34.4 Å². The van der Waals surface area contributed by atoms with E-state index in [4.69, 9.17) is 0 Å². The van der Waals surface area contributed by atoms with Crippen molar-refractivity contribution < 1.29 is 4.39 Å². The molecule has 4 rings (SSSR count). The first-order valence-corrected chi connectivity index (χ1v) is 9.49. The highest BCUT2D eigenvalue weighted by Gasteiger charge is 2.13. The van der Waals surface area contributed by atoms with E-state index in [-0.39, 0.29) is 5.82 Å². The third-order valence-corrected chi connectivity index (χ3v) is 5.34. The molecule has 0 fully saturated rings. The number of benzene rings is 2. The zero-order valence-corrected chi connectivity index (χ0v) is 15.8. The Morgan fingerprint density at radius 3 is 2.70 bits per heavy atom. The lowest BCUT2D eigenvalue weighted by Crippen LogP contribution is -1.98. The number of hydrogen-bond donors (Lipinski definition) is 0. The molecule has 0 spiro atoms. The predicted octanol–water partition coefficient (Wildman–Crippen LogP) is 4.41. The maximum atomic E-state index is 13.4. The minimum atomic E-state index is -0.276. The molecule has 0 aliphatic heterocycles. The summed E-state index contributed by atoms with van der Waals surface area (Å²) in [6.45, 7) is 2.07. The molecule has 2 heterocycles. The molecule has 136 valence electrons. The summed E-state index contributed by atoms with van der Waals surface area (Å²) in [5, 5.41) is 14.0. The van der Waals surface area contributed by atoms with Crippen molar-refractivity contribution in [3.8, 4) is 17.1 Å². The third kappa shape index (κ3) is 3.64.